The summed E-state index contributed by atoms with van der Waals surface area (Å²) >= 11 is 0. The van der Waals surface area contributed by atoms with E-state index in [-0.39, 0.29) is 0 Å². The van der Waals surface area contributed by atoms with E-state index in [1.807, 2.05) is 24.3 Å². The van der Waals surface area contributed by atoms with Gasteiger partial charge in [0.15, 0.2) is 0 Å². The van der Waals surface area contributed by atoms with Gasteiger partial charge in [-0.05, 0) is 55.8 Å². The molecule has 0 aliphatic heterocycles. The molecule has 0 unspecified atom stereocenters. The molecular weight excluding hydrogens is 336 g/mol. The van der Waals surface area contributed by atoms with Gasteiger partial charge in [-0.2, -0.15) is 5.10 Å². The molecule has 3 rings (SSSR count). The second-order valence-corrected chi connectivity index (χ2v) is 6.33. The molecule has 5 heteroatoms. The number of aryl methyl sites for hydroxylation is 2. The third kappa shape index (κ3) is 4.73. The maximum absolute atomic E-state index is 10.7. The van der Waals surface area contributed by atoms with Gasteiger partial charge in [-0.3, -0.25) is 0 Å². The maximum Gasteiger partial charge on any atom is 0.332 e. The summed E-state index contributed by atoms with van der Waals surface area (Å²) in [6.07, 6.45) is 1.55. The highest BCUT2D eigenvalue weighted by Gasteiger charge is 2.12. The lowest BCUT2D eigenvalue weighted by atomic mass is 10.1. The number of nitrogens with one attached hydrogen (secondary N) is 1. The third-order valence-electron chi connectivity index (χ3n) is 4.12. The summed E-state index contributed by atoms with van der Waals surface area (Å²) in [6.45, 7) is 4.16. The lowest BCUT2D eigenvalue weighted by molar-refractivity contribution is 0.249. The van der Waals surface area contributed by atoms with Crippen molar-refractivity contribution in [3.05, 3.63) is 89.5 Å². The van der Waals surface area contributed by atoms with Crippen molar-refractivity contribution in [2.45, 2.75) is 13.8 Å². The van der Waals surface area contributed by atoms with Crippen LogP contribution in [0.15, 0.2) is 77.9 Å². The minimum atomic E-state index is -0.687. The molecule has 0 aliphatic rings. The SMILES string of the molecule is Cc1ccc(N(c2ccc(C)cc2)c2ccc(C=NNC(N)=O)cc2)cc1. The molecule has 2 amide bonds. The molecule has 0 bridgehead atoms. The van der Waals surface area contributed by atoms with Crippen LogP contribution in [0.3, 0.4) is 0 Å². The number of primary amides is 1. The molecule has 3 N–H and O–H groups in total. The second kappa shape index (κ2) is 8.19. The highest BCUT2D eigenvalue weighted by atomic mass is 16.2. The van der Waals surface area contributed by atoms with Crippen LogP contribution in [0.1, 0.15) is 16.7 Å². The van der Waals surface area contributed by atoms with Gasteiger partial charge in [-0.15, -0.1) is 0 Å². The first-order chi connectivity index (χ1) is 13.0. The molecule has 3 aromatic rings. The standard InChI is InChI=1S/C22H22N4O/c1-16-3-9-19(10-4-16)26(20-11-5-17(2)6-12-20)21-13-7-18(8-14-21)15-24-25-22(23)27/h3-15H,1-2H3,(H3,23,25,27). The van der Waals surface area contributed by atoms with E-state index in [2.05, 4.69) is 77.8 Å². The Bertz CT molecular complexity index is 884. The van der Waals surface area contributed by atoms with Gasteiger partial charge in [-0.25, -0.2) is 10.2 Å². The molecule has 27 heavy (non-hydrogen) atoms. The number of hydrogen-bond acceptors (Lipinski definition) is 3. The van der Waals surface area contributed by atoms with Crippen molar-refractivity contribution in [3.63, 3.8) is 0 Å². The smallest absolute Gasteiger partial charge is 0.332 e. The number of nitrogens with two attached hydrogens (primary N) is 1. The fourth-order valence-corrected chi connectivity index (χ4v) is 2.71. The molecule has 0 aromatic heterocycles. The highest BCUT2D eigenvalue weighted by molar-refractivity contribution is 5.83. The number of amides is 2. The van der Waals surface area contributed by atoms with Gasteiger partial charge in [0.05, 0.1) is 6.21 Å². The Morgan fingerprint density at radius 1 is 0.815 bits per heavy atom. The van der Waals surface area contributed by atoms with Crippen molar-refractivity contribution in [3.8, 4) is 0 Å². The summed E-state index contributed by atoms with van der Waals surface area (Å²) in [5.41, 5.74) is 13.7. The van der Waals surface area contributed by atoms with Crippen molar-refractivity contribution in [1.29, 1.82) is 0 Å². The predicted octanol–water partition coefficient (Wildman–Crippen LogP) is 4.78. The molecule has 0 aliphatic carbocycles. The molecule has 0 fully saturated rings. The number of benzene rings is 3. The Labute approximate surface area is 159 Å². The molecule has 0 radical (unpaired) electrons. The van der Waals surface area contributed by atoms with Gasteiger partial charge >= 0.3 is 6.03 Å². The van der Waals surface area contributed by atoms with E-state index in [9.17, 15) is 4.79 Å². The number of rotatable bonds is 5. The van der Waals surface area contributed by atoms with E-state index in [1.54, 1.807) is 6.21 Å². The van der Waals surface area contributed by atoms with Crippen LogP contribution in [0.5, 0.6) is 0 Å². The quantitative estimate of drug-likeness (QED) is 0.509. The van der Waals surface area contributed by atoms with Crippen molar-refractivity contribution >= 4 is 29.3 Å². The predicted molar refractivity (Wildman–Crippen MR) is 111 cm³/mol. The fourth-order valence-electron chi connectivity index (χ4n) is 2.71. The molecule has 0 spiro atoms. The number of urea groups is 1. The lowest BCUT2D eigenvalue weighted by Crippen LogP contribution is -2.24. The lowest BCUT2D eigenvalue weighted by Gasteiger charge is -2.25. The zero-order valence-corrected chi connectivity index (χ0v) is 15.4. The Morgan fingerprint density at radius 3 is 1.63 bits per heavy atom. The Kier molecular flexibility index (Phi) is 5.52. The molecule has 5 nitrogen and oxygen atoms in total. The van der Waals surface area contributed by atoms with Crippen molar-refractivity contribution in [2.24, 2.45) is 10.8 Å². The number of hydrogen-bond donors (Lipinski definition) is 2. The van der Waals surface area contributed by atoms with Crippen LogP contribution < -0.4 is 16.1 Å². The first kappa shape index (κ1) is 18.2. The van der Waals surface area contributed by atoms with Crippen molar-refractivity contribution < 1.29 is 4.79 Å². The van der Waals surface area contributed by atoms with E-state index in [0.717, 1.165) is 22.6 Å². The second-order valence-electron chi connectivity index (χ2n) is 6.33. The van der Waals surface area contributed by atoms with Crippen molar-refractivity contribution in [1.82, 2.24) is 5.43 Å². The average molecular weight is 358 g/mol. The molecule has 0 saturated heterocycles. The summed E-state index contributed by atoms with van der Waals surface area (Å²) in [6, 6.07) is 24.1. The molecule has 3 aromatic carbocycles. The Hall–Kier alpha value is -3.60. The van der Waals surface area contributed by atoms with Crippen LogP contribution in [-0.2, 0) is 0 Å². The zero-order valence-electron chi connectivity index (χ0n) is 15.4. The van der Waals surface area contributed by atoms with E-state index in [0.29, 0.717) is 0 Å². The van der Waals surface area contributed by atoms with Crippen LogP contribution in [0.25, 0.3) is 0 Å². The number of carbonyl (C=O) groups is 1. The van der Waals surface area contributed by atoms with Gasteiger partial charge in [0.1, 0.15) is 0 Å². The average Bonchev–Trinajstić information content (AvgIpc) is 2.66. The number of anilines is 3. The van der Waals surface area contributed by atoms with E-state index < -0.39 is 6.03 Å². The molecule has 0 atom stereocenters. The molecule has 0 heterocycles. The van der Waals surface area contributed by atoms with Gasteiger partial charge in [-0.1, -0.05) is 47.5 Å². The summed E-state index contributed by atoms with van der Waals surface area (Å²) in [5.74, 6) is 0. The van der Waals surface area contributed by atoms with Gasteiger partial charge in [0.25, 0.3) is 0 Å². The first-order valence-electron chi connectivity index (χ1n) is 8.65. The minimum absolute atomic E-state index is 0.687. The topological polar surface area (TPSA) is 70.7 Å². The highest BCUT2D eigenvalue weighted by Crippen LogP contribution is 2.34. The zero-order chi connectivity index (χ0) is 19.2. The summed E-state index contributed by atoms with van der Waals surface area (Å²) in [7, 11) is 0. The monoisotopic (exact) mass is 358 g/mol. The van der Waals surface area contributed by atoms with Gasteiger partial charge < -0.3 is 10.6 Å². The molecule has 0 saturated carbocycles. The van der Waals surface area contributed by atoms with Crippen molar-refractivity contribution in [2.75, 3.05) is 4.90 Å². The Morgan fingerprint density at radius 2 is 1.22 bits per heavy atom. The fraction of sp³-hybridized carbons (Fsp3) is 0.0909. The van der Waals surface area contributed by atoms with E-state index >= 15 is 0 Å². The van der Waals surface area contributed by atoms with E-state index in [4.69, 9.17) is 5.73 Å². The summed E-state index contributed by atoms with van der Waals surface area (Å²) in [4.78, 5) is 12.9. The minimum Gasteiger partial charge on any atom is -0.350 e. The summed E-state index contributed by atoms with van der Waals surface area (Å²) < 4.78 is 0. The first-order valence-corrected chi connectivity index (χ1v) is 8.65. The van der Waals surface area contributed by atoms with Crippen LogP contribution in [0, 0.1) is 13.8 Å². The van der Waals surface area contributed by atoms with Crippen LogP contribution in [0.2, 0.25) is 0 Å². The summed E-state index contributed by atoms with van der Waals surface area (Å²) in [5, 5.41) is 3.79. The van der Waals surface area contributed by atoms with Gasteiger partial charge in [0.2, 0.25) is 0 Å². The maximum atomic E-state index is 10.7. The van der Waals surface area contributed by atoms with E-state index in [1.165, 1.54) is 11.1 Å². The Balaban J connectivity index is 1.95. The number of carbonyl (C=O) groups excluding carboxylic acids is 1. The van der Waals surface area contributed by atoms with Crippen LogP contribution in [-0.4, -0.2) is 12.2 Å². The number of hydrazone groups is 1. The molecular formula is C22H22N4O. The molecule has 136 valence electrons. The number of nitrogens with zero attached hydrogens (tertiary/aromatic N) is 2. The third-order valence-corrected chi connectivity index (χ3v) is 4.12. The van der Waals surface area contributed by atoms with Crippen LogP contribution in [0.4, 0.5) is 21.9 Å². The largest absolute Gasteiger partial charge is 0.350 e. The van der Waals surface area contributed by atoms with Gasteiger partial charge in [0, 0.05) is 17.1 Å². The van der Waals surface area contributed by atoms with Crippen LogP contribution >= 0.6 is 0 Å². The normalized spacial score (nSPS) is 10.7.